The summed E-state index contributed by atoms with van der Waals surface area (Å²) in [5, 5.41) is 3.97. The van der Waals surface area contributed by atoms with E-state index in [2.05, 4.69) is 10.2 Å². The maximum atomic E-state index is 13.2. The number of rotatable bonds is 5. The minimum absolute atomic E-state index is 0.0863. The van der Waals surface area contributed by atoms with Crippen molar-refractivity contribution in [1.29, 1.82) is 4.78 Å². The monoisotopic (exact) mass is 455 g/mol. The molecule has 2 aromatic carbocycles. The van der Waals surface area contributed by atoms with Crippen LogP contribution in [0.25, 0.3) is 10.9 Å². The number of nitrogens with one attached hydrogen (secondary N) is 2. The molecule has 0 amide bonds. The van der Waals surface area contributed by atoms with E-state index in [0.29, 0.717) is 53.7 Å². The molecule has 9 heteroatoms. The molecule has 4 rings (SSSR count). The summed E-state index contributed by atoms with van der Waals surface area (Å²) in [7, 11) is -1.14. The molecule has 2 atom stereocenters. The lowest BCUT2D eigenvalue weighted by Gasteiger charge is -2.29. The second kappa shape index (κ2) is 8.55. The second-order valence-electron chi connectivity index (χ2n) is 8.33. The summed E-state index contributed by atoms with van der Waals surface area (Å²) in [5.41, 5.74) is 3.06. The van der Waals surface area contributed by atoms with Crippen molar-refractivity contribution >= 4 is 32.3 Å². The summed E-state index contributed by atoms with van der Waals surface area (Å²) in [6.45, 7) is 6.52. The fourth-order valence-electron chi connectivity index (χ4n) is 4.15. The van der Waals surface area contributed by atoms with Crippen LogP contribution < -0.4 is 15.8 Å². The smallest absolute Gasteiger partial charge is 0.262 e. The second-order valence-corrected chi connectivity index (χ2v) is 10.5. The number of para-hydroxylation sites is 1. The molecule has 0 saturated carbocycles. The SMILES string of the molecule is Cc1cc([C@@H](C)Nc2ccccc2[S@@](C)(=N)=O)c2nc(N3CCOCC3)n(C)c(=O)c2c1. The van der Waals surface area contributed by atoms with Gasteiger partial charge in [0.2, 0.25) is 5.95 Å². The van der Waals surface area contributed by atoms with E-state index in [4.69, 9.17) is 14.5 Å². The number of aromatic nitrogens is 2. The standard InChI is InChI=1S/C23H29N5O3S/c1-15-13-17(16(2)25-19-7-5-6-8-20(19)32(4,24)30)21-18(14-15)22(29)27(3)23(26-21)28-9-11-31-12-10-28/h5-8,13-14,16,24-25H,9-12H2,1-4H3/t16-,32+/m1/s1. The summed E-state index contributed by atoms with van der Waals surface area (Å²) in [5.74, 6) is 0.631. The van der Waals surface area contributed by atoms with E-state index < -0.39 is 9.73 Å². The highest BCUT2D eigenvalue weighted by atomic mass is 32.2. The lowest BCUT2D eigenvalue weighted by Crippen LogP contribution is -2.40. The number of anilines is 2. The molecule has 0 bridgehead atoms. The predicted molar refractivity (Wildman–Crippen MR) is 128 cm³/mol. The van der Waals surface area contributed by atoms with Gasteiger partial charge < -0.3 is 15.0 Å². The fraction of sp³-hybridized carbons (Fsp3) is 0.391. The Morgan fingerprint density at radius 3 is 2.59 bits per heavy atom. The number of ether oxygens (including phenoxy) is 1. The lowest BCUT2D eigenvalue weighted by molar-refractivity contribution is 0.121. The molecule has 1 aliphatic rings. The van der Waals surface area contributed by atoms with E-state index in [0.717, 1.165) is 11.1 Å². The number of morpholine rings is 1. The number of benzene rings is 2. The molecule has 8 nitrogen and oxygen atoms in total. The van der Waals surface area contributed by atoms with Crippen LogP contribution in [-0.4, -0.2) is 46.3 Å². The quantitative estimate of drug-likeness (QED) is 0.612. The highest BCUT2D eigenvalue weighted by Crippen LogP contribution is 2.30. The van der Waals surface area contributed by atoms with Crippen molar-refractivity contribution in [3.05, 3.63) is 57.9 Å². The van der Waals surface area contributed by atoms with E-state index >= 15 is 0 Å². The van der Waals surface area contributed by atoms with Crippen molar-refractivity contribution in [2.75, 3.05) is 42.8 Å². The van der Waals surface area contributed by atoms with E-state index in [1.54, 1.807) is 23.7 Å². The predicted octanol–water partition coefficient (Wildman–Crippen LogP) is 3.29. The van der Waals surface area contributed by atoms with Crippen molar-refractivity contribution in [3.63, 3.8) is 0 Å². The van der Waals surface area contributed by atoms with Gasteiger partial charge in [-0.05, 0) is 37.6 Å². The van der Waals surface area contributed by atoms with Gasteiger partial charge in [-0.2, -0.15) is 0 Å². The van der Waals surface area contributed by atoms with Gasteiger partial charge in [-0.15, -0.1) is 0 Å². The average molecular weight is 456 g/mol. The Morgan fingerprint density at radius 1 is 1.22 bits per heavy atom. The molecule has 1 aliphatic heterocycles. The van der Waals surface area contributed by atoms with E-state index in [1.165, 1.54) is 6.26 Å². The number of aryl methyl sites for hydroxylation is 1. The summed E-state index contributed by atoms with van der Waals surface area (Å²) < 4.78 is 27.6. The number of fused-ring (bicyclic) bond motifs is 1. The first kappa shape index (κ1) is 22.3. The normalized spacial score (nSPS) is 17.2. The third-order valence-electron chi connectivity index (χ3n) is 5.77. The highest BCUT2D eigenvalue weighted by molar-refractivity contribution is 7.91. The van der Waals surface area contributed by atoms with Gasteiger partial charge in [0.25, 0.3) is 5.56 Å². The maximum absolute atomic E-state index is 13.2. The molecule has 2 N–H and O–H groups in total. The number of hydrogen-bond acceptors (Lipinski definition) is 7. The van der Waals surface area contributed by atoms with Crippen molar-refractivity contribution in [1.82, 2.24) is 9.55 Å². The topological polar surface area (TPSA) is 100 Å². The average Bonchev–Trinajstić information content (AvgIpc) is 2.76. The van der Waals surface area contributed by atoms with Crippen LogP contribution in [0.4, 0.5) is 11.6 Å². The maximum Gasteiger partial charge on any atom is 0.262 e. The third-order valence-corrected chi connectivity index (χ3v) is 6.97. The molecule has 1 aromatic heterocycles. The lowest BCUT2D eigenvalue weighted by atomic mass is 10.0. The fourth-order valence-corrected chi connectivity index (χ4v) is 5.04. The number of hydrogen-bond donors (Lipinski definition) is 2. The molecule has 2 heterocycles. The van der Waals surface area contributed by atoms with Crippen LogP contribution in [0.5, 0.6) is 0 Å². The molecule has 32 heavy (non-hydrogen) atoms. The van der Waals surface area contributed by atoms with E-state index in [-0.39, 0.29) is 11.6 Å². The van der Waals surface area contributed by atoms with Crippen LogP contribution in [0.15, 0.2) is 46.1 Å². The summed E-state index contributed by atoms with van der Waals surface area (Å²) >= 11 is 0. The summed E-state index contributed by atoms with van der Waals surface area (Å²) in [4.78, 5) is 20.7. The Labute approximate surface area is 188 Å². The van der Waals surface area contributed by atoms with Gasteiger partial charge in [0.05, 0.1) is 50.5 Å². The summed E-state index contributed by atoms with van der Waals surface area (Å²) in [6.07, 6.45) is 1.42. The van der Waals surface area contributed by atoms with Crippen molar-refractivity contribution < 1.29 is 8.95 Å². The van der Waals surface area contributed by atoms with Gasteiger partial charge in [-0.25, -0.2) is 14.0 Å². The largest absolute Gasteiger partial charge is 0.378 e. The Kier molecular flexibility index (Phi) is 5.96. The van der Waals surface area contributed by atoms with Gasteiger partial charge in [0.15, 0.2) is 0 Å². The van der Waals surface area contributed by atoms with Gasteiger partial charge in [0, 0.05) is 32.0 Å². The molecule has 170 valence electrons. The zero-order valence-electron chi connectivity index (χ0n) is 18.8. The van der Waals surface area contributed by atoms with Crippen molar-refractivity contribution in [2.45, 2.75) is 24.8 Å². The first-order chi connectivity index (χ1) is 15.2. The Bertz CT molecular complexity index is 1330. The van der Waals surface area contributed by atoms with E-state index in [9.17, 15) is 9.00 Å². The van der Waals surface area contributed by atoms with Crippen LogP contribution >= 0.6 is 0 Å². The first-order valence-electron chi connectivity index (χ1n) is 10.6. The molecule has 0 aliphatic carbocycles. The zero-order chi connectivity index (χ0) is 23.0. The van der Waals surface area contributed by atoms with Crippen LogP contribution in [0, 0.1) is 11.7 Å². The molecule has 0 spiro atoms. The number of nitrogens with zero attached hydrogens (tertiary/aromatic N) is 3. The van der Waals surface area contributed by atoms with E-state index in [1.807, 2.05) is 38.1 Å². The molecule has 0 unspecified atom stereocenters. The molecule has 1 saturated heterocycles. The first-order valence-corrected chi connectivity index (χ1v) is 12.6. The molecule has 1 fully saturated rings. The Hall–Kier alpha value is -2.91. The van der Waals surface area contributed by atoms with Crippen LogP contribution in [0.3, 0.4) is 0 Å². The van der Waals surface area contributed by atoms with Crippen molar-refractivity contribution in [2.24, 2.45) is 7.05 Å². The van der Waals surface area contributed by atoms with Crippen molar-refractivity contribution in [3.8, 4) is 0 Å². The molecule has 3 aromatic rings. The van der Waals surface area contributed by atoms with Gasteiger partial charge >= 0.3 is 0 Å². The third kappa shape index (κ3) is 4.22. The van der Waals surface area contributed by atoms with Gasteiger partial charge in [0.1, 0.15) is 0 Å². The molecular formula is C23H29N5O3S. The molecular weight excluding hydrogens is 426 g/mol. The minimum Gasteiger partial charge on any atom is -0.378 e. The van der Waals surface area contributed by atoms with Crippen LogP contribution in [-0.2, 0) is 21.5 Å². The highest BCUT2D eigenvalue weighted by Gasteiger charge is 2.21. The zero-order valence-corrected chi connectivity index (χ0v) is 19.7. The summed E-state index contributed by atoms with van der Waals surface area (Å²) in [6, 6.07) is 10.9. The minimum atomic E-state index is -2.90. The van der Waals surface area contributed by atoms with Gasteiger partial charge in [-0.3, -0.25) is 9.36 Å². The van der Waals surface area contributed by atoms with Crippen LogP contribution in [0.1, 0.15) is 24.1 Å². The van der Waals surface area contributed by atoms with Gasteiger partial charge in [-0.1, -0.05) is 18.2 Å². The van der Waals surface area contributed by atoms with Crippen LogP contribution in [0.2, 0.25) is 0 Å². The Balaban J connectivity index is 1.84. The molecule has 0 radical (unpaired) electrons. The Morgan fingerprint density at radius 2 is 1.91 bits per heavy atom.